The lowest BCUT2D eigenvalue weighted by Crippen LogP contribution is -2.09. The summed E-state index contributed by atoms with van der Waals surface area (Å²) in [6, 6.07) is 0. The third-order valence-electron chi connectivity index (χ3n) is 5.63. The van der Waals surface area contributed by atoms with Crippen LogP contribution in [-0.2, 0) is 28.5 Å². The SMILES string of the molecule is O=C(C=CC=CCCCCCCCCCCCCCCC(=O)OCC1CO1)OCC1CO1. The van der Waals surface area contributed by atoms with E-state index in [1.165, 1.54) is 70.3 Å². The molecule has 6 nitrogen and oxygen atoms in total. The van der Waals surface area contributed by atoms with Crippen LogP contribution in [0.5, 0.6) is 0 Å². The van der Waals surface area contributed by atoms with Crippen molar-refractivity contribution in [3.8, 4) is 0 Å². The zero-order valence-corrected chi connectivity index (χ0v) is 19.6. The number of unbranched alkanes of at least 4 members (excludes halogenated alkanes) is 12. The van der Waals surface area contributed by atoms with Gasteiger partial charge < -0.3 is 18.9 Å². The largest absolute Gasteiger partial charge is 0.463 e. The van der Waals surface area contributed by atoms with Gasteiger partial charge in [-0.2, -0.15) is 0 Å². The van der Waals surface area contributed by atoms with Gasteiger partial charge in [0.05, 0.1) is 13.2 Å². The minimum atomic E-state index is -0.303. The van der Waals surface area contributed by atoms with E-state index in [4.69, 9.17) is 18.9 Å². The Hall–Kier alpha value is -1.66. The van der Waals surface area contributed by atoms with Crippen LogP contribution in [0, 0.1) is 0 Å². The summed E-state index contributed by atoms with van der Waals surface area (Å²) in [7, 11) is 0. The molecule has 2 atom stereocenters. The van der Waals surface area contributed by atoms with Gasteiger partial charge in [-0.15, -0.1) is 0 Å². The second kappa shape index (κ2) is 17.8. The molecule has 32 heavy (non-hydrogen) atoms. The van der Waals surface area contributed by atoms with Crippen LogP contribution in [0.2, 0.25) is 0 Å². The van der Waals surface area contributed by atoms with Crippen LogP contribution in [0.25, 0.3) is 0 Å². The molecular formula is C26H42O6. The number of esters is 2. The zero-order valence-electron chi connectivity index (χ0n) is 19.6. The number of carbonyl (C=O) groups excluding carboxylic acids is 2. The highest BCUT2D eigenvalue weighted by molar-refractivity contribution is 5.82. The molecule has 6 heteroatoms. The Labute approximate surface area is 193 Å². The summed E-state index contributed by atoms with van der Waals surface area (Å²) in [6.45, 7) is 2.24. The first kappa shape index (κ1) is 26.6. The van der Waals surface area contributed by atoms with E-state index in [0.717, 1.165) is 25.9 Å². The standard InChI is InChI=1S/C26H42O6/c27-25(31-21-23-19-29-23)17-15-13-11-9-7-5-3-1-2-4-6-8-10-12-14-16-18-26(28)32-22-24-20-30-24/h11,13,15,17,23-24H,1-10,12,14,16,18-22H2. The van der Waals surface area contributed by atoms with E-state index in [-0.39, 0.29) is 24.1 Å². The molecule has 2 aliphatic rings. The fourth-order valence-electron chi connectivity index (χ4n) is 3.42. The van der Waals surface area contributed by atoms with Gasteiger partial charge in [-0.05, 0) is 19.3 Å². The number of allylic oxidation sites excluding steroid dienone is 3. The maximum absolute atomic E-state index is 11.5. The zero-order chi connectivity index (χ0) is 22.7. The molecule has 0 aromatic rings. The Morgan fingerprint density at radius 1 is 0.688 bits per heavy atom. The highest BCUT2D eigenvalue weighted by atomic mass is 16.6. The van der Waals surface area contributed by atoms with Gasteiger partial charge in [0.25, 0.3) is 0 Å². The Kier molecular flexibility index (Phi) is 14.8. The number of hydrogen-bond donors (Lipinski definition) is 0. The lowest BCUT2D eigenvalue weighted by molar-refractivity contribution is -0.144. The summed E-state index contributed by atoms with van der Waals surface area (Å²) in [5, 5.41) is 0. The molecule has 0 aromatic carbocycles. The number of rotatable bonds is 21. The molecule has 0 aromatic heterocycles. The van der Waals surface area contributed by atoms with Crippen molar-refractivity contribution in [2.75, 3.05) is 26.4 Å². The molecule has 0 radical (unpaired) electrons. The van der Waals surface area contributed by atoms with E-state index in [0.29, 0.717) is 26.2 Å². The van der Waals surface area contributed by atoms with Gasteiger partial charge in [-0.25, -0.2) is 4.79 Å². The predicted molar refractivity (Wildman–Crippen MR) is 124 cm³/mol. The lowest BCUT2D eigenvalue weighted by atomic mass is 10.0. The molecule has 0 bridgehead atoms. The molecule has 182 valence electrons. The van der Waals surface area contributed by atoms with Crippen LogP contribution in [0.1, 0.15) is 89.9 Å². The summed E-state index contributed by atoms with van der Waals surface area (Å²) >= 11 is 0. The van der Waals surface area contributed by atoms with Gasteiger partial charge in [-0.3, -0.25) is 4.79 Å². The Morgan fingerprint density at radius 3 is 1.75 bits per heavy atom. The molecule has 0 saturated carbocycles. The lowest BCUT2D eigenvalue weighted by Gasteiger charge is -2.04. The molecule has 0 amide bonds. The van der Waals surface area contributed by atoms with E-state index >= 15 is 0 Å². The average Bonchev–Trinajstić information content (AvgIpc) is 3.70. The summed E-state index contributed by atoms with van der Waals surface area (Å²) < 4.78 is 20.1. The summed E-state index contributed by atoms with van der Waals surface area (Å²) in [5.41, 5.74) is 0. The maximum Gasteiger partial charge on any atom is 0.330 e. The van der Waals surface area contributed by atoms with Gasteiger partial charge >= 0.3 is 11.9 Å². The van der Waals surface area contributed by atoms with Crippen molar-refractivity contribution in [1.82, 2.24) is 0 Å². The number of carbonyl (C=O) groups is 2. The quantitative estimate of drug-likeness (QED) is 0.0761. The summed E-state index contributed by atoms with van der Waals surface area (Å²) in [6.07, 6.45) is 24.1. The monoisotopic (exact) mass is 450 g/mol. The maximum atomic E-state index is 11.5. The van der Waals surface area contributed by atoms with Crippen LogP contribution in [0.3, 0.4) is 0 Å². The first-order valence-electron chi connectivity index (χ1n) is 12.6. The van der Waals surface area contributed by atoms with Crippen LogP contribution < -0.4 is 0 Å². The first-order chi connectivity index (χ1) is 15.7. The van der Waals surface area contributed by atoms with Crippen LogP contribution in [0.4, 0.5) is 0 Å². The van der Waals surface area contributed by atoms with E-state index in [9.17, 15) is 9.59 Å². The number of hydrogen-bond acceptors (Lipinski definition) is 6. The van der Waals surface area contributed by atoms with Crippen molar-refractivity contribution in [2.24, 2.45) is 0 Å². The van der Waals surface area contributed by atoms with Crippen LogP contribution in [0.15, 0.2) is 24.3 Å². The second-order valence-corrected chi connectivity index (χ2v) is 8.79. The molecular weight excluding hydrogens is 408 g/mol. The van der Waals surface area contributed by atoms with Gasteiger partial charge in [0.2, 0.25) is 0 Å². The topological polar surface area (TPSA) is 77.7 Å². The predicted octanol–water partition coefficient (Wildman–Crippen LogP) is 5.44. The Balaban J connectivity index is 1.22. The van der Waals surface area contributed by atoms with Gasteiger partial charge in [0.1, 0.15) is 25.4 Å². The van der Waals surface area contributed by atoms with Crippen molar-refractivity contribution in [3.05, 3.63) is 24.3 Å². The smallest absolute Gasteiger partial charge is 0.330 e. The number of ether oxygens (including phenoxy) is 4. The molecule has 0 N–H and O–H groups in total. The van der Waals surface area contributed by atoms with Gasteiger partial charge in [-0.1, -0.05) is 82.4 Å². The molecule has 2 heterocycles. The fourth-order valence-corrected chi connectivity index (χ4v) is 3.42. The van der Waals surface area contributed by atoms with E-state index in [1.54, 1.807) is 6.08 Å². The summed E-state index contributed by atoms with van der Waals surface area (Å²) in [5.74, 6) is -0.381. The van der Waals surface area contributed by atoms with Crippen molar-refractivity contribution in [2.45, 2.75) is 102 Å². The van der Waals surface area contributed by atoms with Gasteiger partial charge in [0.15, 0.2) is 0 Å². The number of epoxide rings is 2. The van der Waals surface area contributed by atoms with Crippen LogP contribution >= 0.6 is 0 Å². The molecule has 2 rings (SSSR count). The van der Waals surface area contributed by atoms with Crippen LogP contribution in [-0.4, -0.2) is 50.6 Å². The molecule has 0 aliphatic carbocycles. The highest BCUT2D eigenvalue weighted by Gasteiger charge is 2.24. The third-order valence-corrected chi connectivity index (χ3v) is 5.63. The normalized spacial score (nSPS) is 19.5. The molecule has 2 aliphatic heterocycles. The van der Waals surface area contributed by atoms with Gasteiger partial charge in [0, 0.05) is 12.5 Å². The Morgan fingerprint density at radius 2 is 1.19 bits per heavy atom. The molecule has 0 spiro atoms. The summed E-state index contributed by atoms with van der Waals surface area (Å²) in [4.78, 5) is 22.9. The first-order valence-corrected chi connectivity index (χ1v) is 12.6. The van der Waals surface area contributed by atoms with E-state index in [2.05, 4.69) is 6.08 Å². The third kappa shape index (κ3) is 17.0. The van der Waals surface area contributed by atoms with Crippen molar-refractivity contribution >= 4 is 11.9 Å². The minimum absolute atomic E-state index is 0.0782. The van der Waals surface area contributed by atoms with Crippen molar-refractivity contribution < 1.29 is 28.5 Å². The fraction of sp³-hybridized carbons (Fsp3) is 0.769. The second-order valence-electron chi connectivity index (χ2n) is 8.79. The van der Waals surface area contributed by atoms with E-state index in [1.807, 2.05) is 6.08 Å². The average molecular weight is 451 g/mol. The molecule has 2 unspecified atom stereocenters. The molecule has 2 saturated heterocycles. The highest BCUT2D eigenvalue weighted by Crippen LogP contribution is 2.14. The van der Waals surface area contributed by atoms with Crippen molar-refractivity contribution in [1.29, 1.82) is 0 Å². The minimum Gasteiger partial charge on any atom is -0.463 e. The van der Waals surface area contributed by atoms with Crippen molar-refractivity contribution in [3.63, 3.8) is 0 Å². The van der Waals surface area contributed by atoms with E-state index < -0.39 is 0 Å². The molecule has 2 fully saturated rings. The Bertz CT molecular complexity index is 563.